The van der Waals surface area contributed by atoms with Crippen LogP contribution in [-0.2, 0) is 4.79 Å². The lowest BCUT2D eigenvalue weighted by atomic mass is 10.3. The van der Waals surface area contributed by atoms with Crippen molar-refractivity contribution in [2.24, 2.45) is 10.9 Å². The Morgan fingerprint density at radius 3 is 2.90 bits per heavy atom. The van der Waals surface area contributed by atoms with E-state index >= 15 is 0 Å². The molecule has 0 saturated carbocycles. The second-order valence-electron chi connectivity index (χ2n) is 3.79. The lowest BCUT2D eigenvalue weighted by molar-refractivity contribution is -0.113. The van der Waals surface area contributed by atoms with Crippen LogP contribution < -0.4 is 11.1 Å². The molecule has 104 valence electrons. The van der Waals surface area contributed by atoms with Crippen LogP contribution >= 0.6 is 11.8 Å². The average molecular weight is 291 g/mol. The van der Waals surface area contributed by atoms with Crippen molar-refractivity contribution in [1.82, 2.24) is 10.2 Å². The molecule has 0 saturated heterocycles. The van der Waals surface area contributed by atoms with Crippen molar-refractivity contribution in [3.05, 3.63) is 42.1 Å². The topological polar surface area (TPSA) is 116 Å². The fourth-order valence-corrected chi connectivity index (χ4v) is 2.19. The van der Waals surface area contributed by atoms with Crippen LogP contribution in [-0.4, -0.2) is 32.9 Å². The zero-order valence-electron chi connectivity index (χ0n) is 10.4. The van der Waals surface area contributed by atoms with E-state index in [1.165, 1.54) is 18.0 Å². The monoisotopic (exact) mass is 291 g/mol. The van der Waals surface area contributed by atoms with Crippen LogP contribution in [0.25, 0.3) is 0 Å². The van der Waals surface area contributed by atoms with Crippen molar-refractivity contribution in [3.63, 3.8) is 0 Å². The second-order valence-corrected chi connectivity index (χ2v) is 4.84. The van der Waals surface area contributed by atoms with Gasteiger partial charge in [-0.3, -0.25) is 9.89 Å². The number of amidine groups is 1. The molecule has 0 radical (unpaired) electrons. The van der Waals surface area contributed by atoms with Gasteiger partial charge in [-0.15, -0.1) is 11.8 Å². The molecule has 8 heteroatoms. The van der Waals surface area contributed by atoms with Crippen LogP contribution in [0.3, 0.4) is 0 Å². The van der Waals surface area contributed by atoms with E-state index in [4.69, 9.17) is 10.9 Å². The van der Waals surface area contributed by atoms with Gasteiger partial charge in [0.15, 0.2) is 5.84 Å². The van der Waals surface area contributed by atoms with Crippen molar-refractivity contribution in [2.45, 2.75) is 4.90 Å². The van der Waals surface area contributed by atoms with E-state index < -0.39 is 0 Å². The van der Waals surface area contributed by atoms with E-state index in [0.29, 0.717) is 11.4 Å². The van der Waals surface area contributed by atoms with Crippen molar-refractivity contribution in [2.75, 3.05) is 11.1 Å². The van der Waals surface area contributed by atoms with Crippen LogP contribution in [0.2, 0.25) is 0 Å². The molecule has 2 rings (SSSR count). The first-order valence-electron chi connectivity index (χ1n) is 5.69. The summed E-state index contributed by atoms with van der Waals surface area (Å²) in [7, 11) is 0. The first kappa shape index (κ1) is 13.9. The quantitative estimate of drug-likeness (QED) is 0.217. The molecular weight excluding hydrogens is 278 g/mol. The Morgan fingerprint density at radius 2 is 2.20 bits per heavy atom. The predicted octanol–water partition coefficient (Wildman–Crippen LogP) is 1.23. The van der Waals surface area contributed by atoms with E-state index in [1.807, 2.05) is 30.3 Å². The number of hydrogen-bond donors (Lipinski definition) is 4. The Morgan fingerprint density at radius 1 is 1.45 bits per heavy atom. The molecule has 1 aromatic heterocycles. The maximum absolute atomic E-state index is 11.8. The zero-order valence-corrected chi connectivity index (χ0v) is 11.2. The van der Waals surface area contributed by atoms with E-state index in [2.05, 4.69) is 20.7 Å². The highest BCUT2D eigenvalue weighted by molar-refractivity contribution is 8.00. The SMILES string of the molecule is NC(=NO)c1cn[nH]c1NC(=O)CSc1ccccc1. The number of nitrogens with one attached hydrogen (secondary N) is 2. The van der Waals surface area contributed by atoms with Gasteiger partial charge in [-0.05, 0) is 12.1 Å². The molecule has 0 aliphatic rings. The Kier molecular flexibility index (Phi) is 4.61. The summed E-state index contributed by atoms with van der Waals surface area (Å²) in [6.07, 6.45) is 1.37. The lowest BCUT2D eigenvalue weighted by Gasteiger charge is -2.05. The van der Waals surface area contributed by atoms with E-state index in [0.717, 1.165) is 4.90 Å². The van der Waals surface area contributed by atoms with Gasteiger partial charge in [-0.25, -0.2) is 0 Å². The number of rotatable bonds is 5. The fraction of sp³-hybridized carbons (Fsp3) is 0.0833. The smallest absolute Gasteiger partial charge is 0.235 e. The Hall–Kier alpha value is -2.48. The Bertz CT molecular complexity index is 611. The predicted molar refractivity (Wildman–Crippen MR) is 76.9 cm³/mol. The summed E-state index contributed by atoms with van der Waals surface area (Å²) in [6, 6.07) is 9.58. The largest absolute Gasteiger partial charge is 0.409 e. The number of oxime groups is 1. The minimum Gasteiger partial charge on any atom is -0.409 e. The molecule has 5 N–H and O–H groups in total. The van der Waals surface area contributed by atoms with Gasteiger partial charge in [0.05, 0.1) is 17.5 Å². The van der Waals surface area contributed by atoms with Gasteiger partial charge in [0, 0.05) is 4.90 Å². The molecule has 0 bridgehead atoms. The molecule has 0 spiro atoms. The maximum atomic E-state index is 11.8. The summed E-state index contributed by atoms with van der Waals surface area (Å²) in [6.45, 7) is 0. The second kappa shape index (κ2) is 6.62. The van der Waals surface area contributed by atoms with E-state index in [-0.39, 0.29) is 17.5 Å². The van der Waals surface area contributed by atoms with Gasteiger partial charge in [-0.1, -0.05) is 23.4 Å². The van der Waals surface area contributed by atoms with Gasteiger partial charge in [0.25, 0.3) is 0 Å². The number of H-pyrrole nitrogens is 1. The number of nitrogens with two attached hydrogens (primary N) is 1. The van der Waals surface area contributed by atoms with E-state index in [1.54, 1.807) is 0 Å². The van der Waals surface area contributed by atoms with Crippen LogP contribution in [0.15, 0.2) is 46.6 Å². The van der Waals surface area contributed by atoms with Crippen molar-refractivity contribution >= 4 is 29.3 Å². The number of aromatic amines is 1. The minimum atomic E-state index is -0.213. The lowest BCUT2D eigenvalue weighted by Crippen LogP contribution is -2.19. The number of thioether (sulfide) groups is 1. The number of carbonyl (C=O) groups excluding carboxylic acids is 1. The number of anilines is 1. The number of nitrogens with zero attached hydrogens (tertiary/aromatic N) is 2. The highest BCUT2D eigenvalue weighted by atomic mass is 32.2. The molecule has 0 aliphatic carbocycles. The third kappa shape index (κ3) is 3.51. The molecule has 7 nitrogen and oxygen atoms in total. The van der Waals surface area contributed by atoms with Crippen LogP contribution in [0.1, 0.15) is 5.56 Å². The number of aromatic nitrogens is 2. The number of hydrogen-bond acceptors (Lipinski definition) is 5. The summed E-state index contributed by atoms with van der Waals surface area (Å²) in [5.41, 5.74) is 5.80. The normalized spacial score (nSPS) is 11.3. The highest BCUT2D eigenvalue weighted by Crippen LogP contribution is 2.17. The first-order valence-corrected chi connectivity index (χ1v) is 6.68. The van der Waals surface area contributed by atoms with Crippen molar-refractivity contribution < 1.29 is 10.0 Å². The third-order valence-corrected chi connectivity index (χ3v) is 3.41. The molecule has 2 aromatic rings. The summed E-state index contributed by atoms with van der Waals surface area (Å²) < 4.78 is 0. The standard InChI is InChI=1S/C12H13N5O2S/c13-11(17-19)9-6-14-16-12(9)15-10(18)7-20-8-4-2-1-3-5-8/h1-6,19H,7H2,(H2,13,17)(H2,14,15,16,18). The zero-order chi connectivity index (χ0) is 14.4. The van der Waals surface area contributed by atoms with Gasteiger partial charge < -0.3 is 16.3 Å². The summed E-state index contributed by atoms with van der Waals surface area (Å²) >= 11 is 1.41. The van der Waals surface area contributed by atoms with Gasteiger partial charge >= 0.3 is 0 Å². The molecule has 0 atom stereocenters. The highest BCUT2D eigenvalue weighted by Gasteiger charge is 2.12. The van der Waals surface area contributed by atoms with Gasteiger partial charge in [0.1, 0.15) is 5.82 Å². The molecular formula is C12H13N5O2S. The first-order chi connectivity index (χ1) is 9.70. The molecule has 1 amide bonds. The van der Waals surface area contributed by atoms with E-state index in [9.17, 15) is 4.79 Å². The van der Waals surface area contributed by atoms with Gasteiger partial charge in [0.2, 0.25) is 5.91 Å². The summed E-state index contributed by atoms with van der Waals surface area (Å²) in [5.74, 6) is 0.220. The van der Waals surface area contributed by atoms with Crippen LogP contribution in [0.4, 0.5) is 5.82 Å². The Balaban J connectivity index is 1.94. The summed E-state index contributed by atoms with van der Waals surface area (Å²) in [5, 5.41) is 20.4. The van der Waals surface area contributed by atoms with Crippen molar-refractivity contribution in [1.29, 1.82) is 0 Å². The van der Waals surface area contributed by atoms with Crippen molar-refractivity contribution in [3.8, 4) is 0 Å². The fourth-order valence-electron chi connectivity index (χ4n) is 1.47. The molecule has 0 unspecified atom stereocenters. The number of benzene rings is 1. The summed E-state index contributed by atoms with van der Waals surface area (Å²) in [4.78, 5) is 12.8. The third-order valence-electron chi connectivity index (χ3n) is 2.40. The van der Waals surface area contributed by atoms with Gasteiger partial charge in [-0.2, -0.15) is 5.10 Å². The Labute approximate surface area is 119 Å². The molecule has 20 heavy (non-hydrogen) atoms. The van der Waals surface area contributed by atoms with Crippen LogP contribution in [0, 0.1) is 0 Å². The molecule has 1 aromatic carbocycles. The number of amides is 1. The molecule has 1 heterocycles. The average Bonchev–Trinajstić information content (AvgIpc) is 2.93. The molecule has 0 aliphatic heterocycles. The minimum absolute atomic E-state index is 0.121. The molecule has 0 fully saturated rings. The maximum Gasteiger partial charge on any atom is 0.235 e. The number of carbonyl (C=O) groups is 1. The van der Waals surface area contributed by atoms with Crippen LogP contribution in [0.5, 0.6) is 0 Å².